The number of aryl methyl sites for hydroxylation is 1. The molecule has 176 valence electrons. The maximum Gasteiger partial charge on any atom is 0.260 e. The molecule has 3 heterocycles. The van der Waals surface area contributed by atoms with Gasteiger partial charge in [-0.05, 0) is 49.8 Å². The van der Waals surface area contributed by atoms with E-state index in [1.807, 2.05) is 11.0 Å². The van der Waals surface area contributed by atoms with Gasteiger partial charge in [-0.3, -0.25) is 19.3 Å². The van der Waals surface area contributed by atoms with Gasteiger partial charge in [0.2, 0.25) is 5.91 Å². The molecule has 7 heteroatoms. The number of nitrogens with one attached hydrogen (secondary N) is 1. The number of carbonyl (C=O) groups is 2. The highest BCUT2D eigenvalue weighted by Crippen LogP contribution is 2.23. The van der Waals surface area contributed by atoms with Crippen LogP contribution in [0.25, 0.3) is 0 Å². The van der Waals surface area contributed by atoms with Crippen LogP contribution in [0.3, 0.4) is 0 Å². The van der Waals surface area contributed by atoms with E-state index in [0.717, 1.165) is 57.7 Å². The highest BCUT2D eigenvalue weighted by molar-refractivity contribution is 5.93. The molecule has 2 aliphatic heterocycles. The molecule has 0 saturated carbocycles. The second-order valence-electron chi connectivity index (χ2n) is 9.32. The predicted molar refractivity (Wildman–Crippen MR) is 128 cm³/mol. The number of piperazine rings is 1. The number of aromatic nitrogens is 1. The summed E-state index contributed by atoms with van der Waals surface area (Å²) < 4.78 is 0. The van der Waals surface area contributed by atoms with Gasteiger partial charge < -0.3 is 14.8 Å². The Morgan fingerprint density at radius 3 is 2.45 bits per heavy atom. The van der Waals surface area contributed by atoms with Gasteiger partial charge in [0.15, 0.2) is 0 Å². The van der Waals surface area contributed by atoms with Crippen LogP contribution in [0.1, 0.15) is 47.3 Å². The number of aromatic amines is 1. The summed E-state index contributed by atoms with van der Waals surface area (Å²) >= 11 is 0. The second-order valence-corrected chi connectivity index (χ2v) is 9.32. The lowest BCUT2D eigenvalue weighted by molar-refractivity contribution is -0.133. The Labute approximate surface area is 195 Å². The molecule has 2 aromatic rings. The summed E-state index contributed by atoms with van der Waals surface area (Å²) in [5.74, 6) is 0.310. The van der Waals surface area contributed by atoms with Crippen molar-refractivity contribution >= 4 is 11.8 Å². The van der Waals surface area contributed by atoms with Crippen LogP contribution in [-0.4, -0.2) is 70.8 Å². The third-order valence-electron chi connectivity index (χ3n) is 6.83. The molecule has 1 atom stereocenters. The molecule has 33 heavy (non-hydrogen) atoms. The van der Waals surface area contributed by atoms with E-state index in [1.165, 1.54) is 5.56 Å². The van der Waals surface area contributed by atoms with Crippen molar-refractivity contribution in [2.45, 2.75) is 39.2 Å². The van der Waals surface area contributed by atoms with Crippen molar-refractivity contribution in [3.8, 4) is 0 Å². The van der Waals surface area contributed by atoms with E-state index in [-0.39, 0.29) is 22.9 Å². The zero-order valence-electron chi connectivity index (χ0n) is 19.5. The van der Waals surface area contributed by atoms with Crippen LogP contribution < -0.4 is 5.56 Å². The monoisotopic (exact) mass is 450 g/mol. The molecule has 2 saturated heterocycles. The highest BCUT2D eigenvalue weighted by Gasteiger charge is 2.27. The lowest BCUT2D eigenvalue weighted by Crippen LogP contribution is -2.48. The Morgan fingerprint density at radius 1 is 0.970 bits per heavy atom. The maximum absolute atomic E-state index is 12.9. The van der Waals surface area contributed by atoms with Crippen LogP contribution in [0.2, 0.25) is 0 Å². The molecule has 2 amide bonds. The van der Waals surface area contributed by atoms with E-state index in [1.54, 1.807) is 24.0 Å². The van der Waals surface area contributed by atoms with Crippen molar-refractivity contribution in [1.82, 2.24) is 19.7 Å². The number of likely N-dealkylation sites (tertiary alicyclic amines) is 1. The smallest absolute Gasteiger partial charge is 0.260 e. The number of piperidine rings is 1. The number of amides is 2. The Morgan fingerprint density at radius 2 is 1.73 bits per heavy atom. The fourth-order valence-electron chi connectivity index (χ4n) is 4.88. The van der Waals surface area contributed by atoms with E-state index in [4.69, 9.17) is 0 Å². The van der Waals surface area contributed by atoms with E-state index >= 15 is 0 Å². The molecule has 1 aromatic carbocycles. The van der Waals surface area contributed by atoms with E-state index in [0.29, 0.717) is 25.4 Å². The largest absolute Gasteiger partial charge is 0.340 e. The molecule has 4 rings (SSSR count). The van der Waals surface area contributed by atoms with E-state index in [9.17, 15) is 14.4 Å². The van der Waals surface area contributed by atoms with Crippen LogP contribution in [0.15, 0.2) is 47.3 Å². The van der Waals surface area contributed by atoms with Gasteiger partial charge in [0.1, 0.15) is 5.56 Å². The Balaban J connectivity index is 1.22. The summed E-state index contributed by atoms with van der Waals surface area (Å²) in [6, 6.07) is 13.8. The number of pyridine rings is 1. The quantitative estimate of drug-likeness (QED) is 0.734. The zero-order valence-corrected chi connectivity index (χ0v) is 19.5. The molecule has 0 spiro atoms. The molecule has 0 radical (unpaired) electrons. The van der Waals surface area contributed by atoms with Crippen molar-refractivity contribution in [2.75, 3.05) is 39.3 Å². The topological polar surface area (TPSA) is 76.7 Å². The second kappa shape index (κ2) is 10.8. The Kier molecular flexibility index (Phi) is 7.60. The molecule has 0 aliphatic carbocycles. The zero-order chi connectivity index (χ0) is 23.2. The van der Waals surface area contributed by atoms with Crippen molar-refractivity contribution in [3.05, 3.63) is 69.6 Å². The van der Waals surface area contributed by atoms with Gasteiger partial charge in [-0.25, -0.2) is 0 Å². The molecule has 0 unspecified atom stereocenters. The van der Waals surface area contributed by atoms with Crippen molar-refractivity contribution < 1.29 is 9.59 Å². The average molecular weight is 451 g/mol. The number of benzene rings is 1. The summed E-state index contributed by atoms with van der Waals surface area (Å²) in [4.78, 5) is 46.7. The summed E-state index contributed by atoms with van der Waals surface area (Å²) in [5.41, 5.74) is 1.92. The lowest BCUT2D eigenvalue weighted by atomic mass is 9.92. The molecule has 7 nitrogen and oxygen atoms in total. The molecule has 1 N–H and O–H groups in total. The van der Waals surface area contributed by atoms with Gasteiger partial charge in [-0.2, -0.15) is 0 Å². The minimum absolute atomic E-state index is 0.200. The number of rotatable bonds is 6. The maximum atomic E-state index is 12.9. The minimum atomic E-state index is -0.330. The first-order valence-corrected chi connectivity index (χ1v) is 12.0. The fourth-order valence-corrected chi connectivity index (χ4v) is 4.88. The molecule has 1 aromatic heterocycles. The van der Waals surface area contributed by atoms with Gasteiger partial charge in [0.05, 0.1) is 0 Å². The molecule has 0 bridgehead atoms. The van der Waals surface area contributed by atoms with Crippen LogP contribution >= 0.6 is 0 Å². The number of nitrogens with zero attached hydrogens (tertiary/aromatic N) is 3. The van der Waals surface area contributed by atoms with E-state index in [2.05, 4.69) is 34.1 Å². The summed E-state index contributed by atoms with van der Waals surface area (Å²) in [6.45, 7) is 7.36. The summed E-state index contributed by atoms with van der Waals surface area (Å²) in [5, 5.41) is 0. The summed E-state index contributed by atoms with van der Waals surface area (Å²) in [7, 11) is 0. The minimum Gasteiger partial charge on any atom is -0.340 e. The van der Waals surface area contributed by atoms with Crippen molar-refractivity contribution in [1.29, 1.82) is 0 Å². The fraction of sp³-hybridized carbons (Fsp3) is 0.500. The third kappa shape index (κ3) is 6.11. The highest BCUT2D eigenvalue weighted by atomic mass is 16.2. The number of carbonyl (C=O) groups excluding carboxylic acids is 2. The van der Waals surface area contributed by atoms with Gasteiger partial charge >= 0.3 is 0 Å². The average Bonchev–Trinajstić information content (AvgIpc) is 2.83. The van der Waals surface area contributed by atoms with E-state index < -0.39 is 0 Å². The SMILES string of the molecule is Cc1ccc(C(=O)N2CCC[C@@H](CCC(=O)N3CCN(Cc4ccccc4)CC3)C2)c(=O)[nH]1. The normalized spacial score (nSPS) is 19.5. The molecule has 2 aliphatic rings. The molecule has 2 fully saturated rings. The molecular formula is C26H34N4O3. The van der Waals surface area contributed by atoms with Crippen LogP contribution in [-0.2, 0) is 11.3 Å². The first kappa shape index (κ1) is 23.2. The summed E-state index contributed by atoms with van der Waals surface area (Å²) in [6.07, 6.45) is 3.24. The molecular weight excluding hydrogens is 416 g/mol. The van der Waals surface area contributed by atoms with Crippen LogP contribution in [0.5, 0.6) is 0 Å². The third-order valence-corrected chi connectivity index (χ3v) is 6.83. The Hall–Kier alpha value is -2.93. The lowest BCUT2D eigenvalue weighted by Gasteiger charge is -2.36. The van der Waals surface area contributed by atoms with Gasteiger partial charge in [0.25, 0.3) is 11.5 Å². The van der Waals surface area contributed by atoms with Crippen molar-refractivity contribution in [3.63, 3.8) is 0 Å². The van der Waals surface area contributed by atoms with Crippen molar-refractivity contribution in [2.24, 2.45) is 5.92 Å². The number of hydrogen-bond donors (Lipinski definition) is 1. The van der Waals surface area contributed by atoms with Gasteiger partial charge in [0, 0.05) is 57.9 Å². The first-order chi connectivity index (χ1) is 16.0. The predicted octanol–water partition coefficient (Wildman–Crippen LogP) is 2.66. The number of hydrogen-bond acceptors (Lipinski definition) is 4. The standard InChI is InChI=1S/C26H34N4O3/c1-20-9-11-23(25(32)27-20)26(33)30-13-5-8-22(19-30)10-12-24(31)29-16-14-28(15-17-29)18-21-6-3-2-4-7-21/h2-4,6-7,9,11,22H,5,8,10,12-19H2,1H3,(H,27,32)/t22-/m0/s1. The van der Waals surface area contributed by atoms with Gasteiger partial charge in [-0.15, -0.1) is 0 Å². The first-order valence-electron chi connectivity index (χ1n) is 12.0. The van der Waals surface area contributed by atoms with Crippen LogP contribution in [0, 0.1) is 12.8 Å². The number of H-pyrrole nitrogens is 1. The Bertz CT molecular complexity index is 1010. The van der Waals surface area contributed by atoms with Crippen LogP contribution in [0.4, 0.5) is 0 Å². The van der Waals surface area contributed by atoms with Gasteiger partial charge in [-0.1, -0.05) is 30.3 Å².